The number of hydrogen-bond donors (Lipinski definition) is 1. The van der Waals surface area contributed by atoms with Gasteiger partial charge in [-0.05, 0) is 62.3 Å². The molecule has 0 aliphatic carbocycles. The van der Waals surface area contributed by atoms with Crippen molar-refractivity contribution in [2.45, 2.75) is 55.1 Å². The topological polar surface area (TPSA) is 96.4 Å². The number of thioether (sulfide) groups is 1. The molecular formula is C30H40N2O6S. The number of carbonyl (C=O) groups excluding carboxylic acids is 3. The summed E-state index contributed by atoms with van der Waals surface area (Å²) in [5, 5.41) is 9.20. The van der Waals surface area contributed by atoms with Crippen molar-refractivity contribution in [2.24, 2.45) is 17.8 Å². The first-order valence-corrected chi connectivity index (χ1v) is 14.7. The Morgan fingerprint density at radius 2 is 1.95 bits per heavy atom. The molecular weight excluding hydrogens is 516 g/mol. The minimum absolute atomic E-state index is 0.0640. The van der Waals surface area contributed by atoms with Crippen molar-refractivity contribution in [3.63, 3.8) is 0 Å². The van der Waals surface area contributed by atoms with Gasteiger partial charge in [-0.3, -0.25) is 14.4 Å². The molecule has 6 atom stereocenters. The lowest BCUT2D eigenvalue weighted by Crippen LogP contribution is -2.57. The minimum Gasteiger partial charge on any atom is -0.497 e. The Morgan fingerprint density at radius 1 is 1.21 bits per heavy atom. The zero-order valence-electron chi connectivity index (χ0n) is 22.9. The Labute approximate surface area is 235 Å². The van der Waals surface area contributed by atoms with Crippen molar-refractivity contribution >= 4 is 35.2 Å². The number of aliphatic hydroxyl groups is 1. The second kappa shape index (κ2) is 12.6. The molecule has 0 radical (unpaired) electrons. The highest BCUT2D eigenvalue weighted by Gasteiger charge is 2.76. The molecule has 3 heterocycles. The second-order valence-corrected chi connectivity index (χ2v) is 12.1. The quantitative estimate of drug-likeness (QED) is 0.211. The summed E-state index contributed by atoms with van der Waals surface area (Å²) in [7, 11) is 1.59. The third kappa shape index (κ3) is 5.23. The van der Waals surface area contributed by atoms with Crippen LogP contribution in [-0.2, 0) is 19.1 Å². The van der Waals surface area contributed by atoms with Crippen molar-refractivity contribution in [2.75, 3.05) is 38.3 Å². The van der Waals surface area contributed by atoms with E-state index in [-0.39, 0.29) is 48.7 Å². The molecule has 1 aromatic carbocycles. The zero-order valence-corrected chi connectivity index (χ0v) is 23.7. The van der Waals surface area contributed by atoms with Gasteiger partial charge in [-0.25, -0.2) is 0 Å². The number of nitrogens with zero attached hydrogens (tertiary/aromatic N) is 2. The molecule has 3 unspecified atom stereocenters. The first kappa shape index (κ1) is 29.2. The highest BCUT2D eigenvalue weighted by molar-refractivity contribution is 8.02. The number of esters is 1. The van der Waals surface area contributed by atoms with Crippen LogP contribution in [-0.4, -0.2) is 77.2 Å². The van der Waals surface area contributed by atoms with E-state index in [0.717, 1.165) is 12.8 Å². The number of likely N-dealkylation sites (tertiary alicyclic amines) is 1. The van der Waals surface area contributed by atoms with Crippen LogP contribution in [0.25, 0.3) is 0 Å². The lowest BCUT2D eigenvalue weighted by Gasteiger charge is -2.40. The standard InChI is InChI=1S/C30H40N2O6S/c1-5-7-18-38-29(36)24-23-19-20(3)30(39-23)25(24)27(34)32(16-9-8-10-17-33)26(30)28(35)31(15-6-2)21-11-13-22(37-4)14-12-21/h5-6,11-14,20,23-26,33H,1-2,7-10,15-19H2,3-4H3/t20?,23-,24+,25-,26?,30?/m0/s1. The first-order chi connectivity index (χ1) is 18.8. The van der Waals surface area contributed by atoms with Crippen LogP contribution in [0.5, 0.6) is 5.75 Å². The minimum atomic E-state index is -0.720. The number of fused-ring (bicyclic) bond motifs is 1. The molecule has 9 heteroatoms. The van der Waals surface area contributed by atoms with E-state index in [0.29, 0.717) is 37.2 Å². The van der Waals surface area contributed by atoms with Crippen molar-refractivity contribution in [3.8, 4) is 5.75 Å². The largest absolute Gasteiger partial charge is 0.497 e. The number of methoxy groups -OCH3 is 1. The number of amides is 2. The Balaban J connectivity index is 1.72. The number of aliphatic hydroxyl groups excluding tert-OH is 1. The van der Waals surface area contributed by atoms with Crippen molar-refractivity contribution in [1.29, 1.82) is 0 Å². The highest BCUT2D eigenvalue weighted by atomic mass is 32.2. The number of benzene rings is 1. The molecule has 39 heavy (non-hydrogen) atoms. The van der Waals surface area contributed by atoms with Gasteiger partial charge in [0, 0.05) is 30.6 Å². The Hall–Kier alpha value is -2.78. The van der Waals surface area contributed by atoms with Crippen LogP contribution in [0.15, 0.2) is 49.6 Å². The maximum atomic E-state index is 14.6. The number of unbranched alkanes of at least 4 members (excludes halogenated alkanes) is 2. The Bertz CT molecular complexity index is 1080. The smallest absolute Gasteiger partial charge is 0.310 e. The van der Waals surface area contributed by atoms with Crippen LogP contribution < -0.4 is 9.64 Å². The number of ether oxygens (including phenoxy) is 2. The van der Waals surface area contributed by atoms with Gasteiger partial charge in [-0.15, -0.1) is 24.9 Å². The number of hydrogen-bond acceptors (Lipinski definition) is 7. The van der Waals surface area contributed by atoms with Crippen molar-refractivity contribution in [3.05, 3.63) is 49.6 Å². The molecule has 2 amide bonds. The van der Waals surface area contributed by atoms with E-state index in [1.165, 1.54) is 0 Å². The normalized spacial score (nSPS) is 28.7. The molecule has 1 aromatic rings. The van der Waals surface area contributed by atoms with Crippen LogP contribution in [0, 0.1) is 17.8 Å². The molecule has 0 saturated carbocycles. The SMILES string of the molecule is C=CCCOC(=O)[C@@H]1[C@@H]2CC(C)C3(S2)C(C(=O)N(CC=C)c2ccc(OC)cc2)N(CCCCCO)C(=O)[C@H]13. The molecule has 3 saturated heterocycles. The van der Waals surface area contributed by atoms with Crippen molar-refractivity contribution in [1.82, 2.24) is 4.90 Å². The molecule has 3 aliphatic rings. The fraction of sp³-hybridized carbons (Fsp3) is 0.567. The van der Waals surface area contributed by atoms with Gasteiger partial charge in [0.25, 0.3) is 5.91 Å². The van der Waals surface area contributed by atoms with Gasteiger partial charge in [0.05, 0.1) is 30.3 Å². The molecule has 3 fully saturated rings. The Morgan fingerprint density at radius 3 is 2.59 bits per heavy atom. The molecule has 4 rings (SSSR count). The molecule has 2 bridgehead atoms. The van der Waals surface area contributed by atoms with E-state index in [4.69, 9.17) is 9.47 Å². The summed E-state index contributed by atoms with van der Waals surface area (Å²) in [5.41, 5.74) is 0.693. The summed E-state index contributed by atoms with van der Waals surface area (Å²) >= 11 is 1.64. The van der Waals surface area contributed by atoms with E-state index < -0.39 is 22.6 Å². The third-order valence-electron chi connectivity index (χ3n) is 8.34. The molecule has 212 valence electrons. The van der Waals surface area contributed by atoms with Crippen LogP contribution in [0.4, 0.5) is 5.69 Å². The van der Waals surface area contributed by atoms with Gasteiger partial charge in [0.2, 0.25) is 5.91 Å². The molecule has 3 aliphatic heterocycles. The van der Waals surface area contributed by atoms with Gasteiger partial charge in [0.1, 0.15) is 11.8 Å². The van der Waals surface area contributed by atoms with E-state index in [9.17, 15) is 19.5 Å². The Kier molecular flexibility index (Phi) is 9.43. The molecule has 8 nitrogen and oxygen atoms in total. The summed E-state index contributed by atoms with van der Waals surface area (Å²) < 4.78 is 10.2. The fourth-order valence-corrected chi connectivity index (χ4v) is 8.98. The van der Waals surface area contributed by atoms with E-state index >= 15 is 0 Å². The number of anilines is 1. The van der Waals surface area contributed by atoms with Gasteiger partial charge in [0.15, 0.2) is 0 Å². The number of rotatable bonds is 14. The van der Waals surface area contributed by atoms with Gasteiger partial charge < -0.3 is 24.4 Å². The zero-order chi connectivity index (χ0) is 28.2. The van der Waals surface area contributed by atoms with Gasteiger partial charge in [-0.1, -0.05) is 19.1 Å². The average molecular weight is 557 g/mol. The van der Waals surface area contributed by atoms with Gasteiger partial charge >= 0.3 is 5.97 Å². The van der Waals surface area contributed by atoms with Crippen LogP contribution in [0.1, 0.15) is 39.0 Å². The van der Waals surface area contributed by atoms with E-state index in [1.54, 1.807) is 53.0 Å². The van der Waals surface area contributed by atoms with Crippen LogP contribution >= 0.6 is 11.8 Å². The maximum absolute atomic E-state index is 14.6. The predicted octanol–water partition coefficient (Wildman–Crippen LogP) is 3.83. The second-order valence-electron chi connectivity index (χ2n) is 10.5. The summed E-state index contributed by atoms with van der Waals surface area (Å²) in [5.74, 6) is -1.10. The lowest BCUT2D eigenvalue weighted by molar-refractivity contribution is -0.154. The van der Waals surface area contributed by atoms with Crippen LogP contribution in [0.3, 0.4) is 0 Å². The third-order valence-corrected chi connectivity index (χ3v) is 10.4. The lowest BCUT2D eigenvalue weighted by atomic mass is 9.66. The van der Waals surface area contributed by atoms with E-state index in [2.05, 4.69) is 20.1 Å². The molecule has 1 N–H and O–H groups in total. The average Bonchev–Trinajstić information content (AvgIpc) is 3.53. The molecule has 1 spiro atoms. The number of carbonyl (C=O) groups is 3. The monoisotopic (exact) mass is 556 g/mol. The summed E-state index contributed by atoms with van der Waals surface area (Å²) in [4.78, 5) is 45.5. The fourth-order valence-electron chi connectivity index (χ4n) is 6.58. The molecule has 0 aromatic heterocycles. The van der Waals surface area contributed by atoms with E-state index in [1.807, 2.05) is 12.1 Å². The maximum Gasteiger partial charge on any atom is 0.310 e. The summed E-state index contributed by atoms with van der Waals surface area (Å²) in [6.07, 6.45) is 6.72. The summed E-state index contributed by atoms with van der Waals surface area (Å²) in [6.45, 7) is 10.7. The first-order valence-electron chi connectivity index (χ1n) is 13.8. The van der Waals surface area contributed by atoms with Gasteiger partial charge in [-0.2, -0.15) is 0 Å². The highest BCUT2D eigenvalue weighted by Crippen LogP contribution is 2.68. The summed E-state index contributed by atoms with van der Waals surface area (Å²) in [6, 6.07) is 6.56. The predicted molar refractivity (Wildman–Crippen MR) is 153 cm³/mol. The van der Waals surface area contributed by atoms with Crippen molar-refractivity contribution < 1.29 is 29.0 Å². The van der Waals surface area contributed by atoms with Crippen LogP contribution in [0.2, 0.25) is 0 Å².